The standard InChI is InChI=1S/C8H18N2O2S/c1-6(13-7(2)5-11)3-4-8(12)10-9/h6-7,11H,3-5,9H2,1-2H3,(H,10,12). The van der Waals surface area contributed by atoms with Crippen molar-refractivity contribution in [2.45, 2.75) is 37.2 Å². The van der Waals surface area contributed by atoms with E-state index in [1.165, 1.54) is 0 Å². The van der Waals surface area contributed by atoms with Crippen molar-refractivity contribution in [3.8, 4) is 0 Å². The molecular formula is C8H18N2O2S. The zero-order valence-electron chi connectivity index (χ0n) is 8.12. The number of hydrogen-bond acceptors (Lipinski definition) is 4. The van der Waals surface area contributed by atoms with Gasteiger partial charge in [-0.15, -0.1) is 0 Å². The molecule has 4 nitrogen and oxygen atoms in total. The Kier molecular flexibility index (Phi) is 7.03. The average molecular weight is 206 g/mol. The van der Waals surface area contributed by atoms with E-state index < -0.39 is 0 Å². The van der Waals surface area contributed by atoms with Gasteiger partial charge in [-0.05, 0) is 6.42 Å². The van der Waals surface area contributed by atoms with Crippen LogP contribution < -0.4 is 11.3 Å². The lowest BCUT2D eigenvalue weighted by atomic mass is 10.2. The predicted molar refractivity (Wildman–Crippen MR) is 55.2 cm³/mol. The fourth-order valence-corrected chi connectivity index (χ4v) is 2.05. The summed E-state index contributed by atoms with van der Waals surface area (Å²) >= 11 is 1.68. The van der Waals surface area contributed by atoms with Crippen molar-refractivity contribution >= 4 is 17.7 Å². The first-order valence-corrected chi connectivity index (χ1v) is 5.30. The molecule has 0 bridgehead atoms. The second-order valence-corrected chi connectivity index (χ2v) is 4.93. The Labute approximate surface area is 83.2 Å². The summed E-state index contributed by atoms with van der Waals surface area (Å²) in [6.45, 7) is 4.18. The summed E-state index contributed by atoms with van der Waals surface area (Å²) in [5, 5.41) is 9.39. The van der Waals surface area contributed by atoms with E-state index in [4.69, 9.17) is 10.9 Å². The van der Waals surface area contributed by atoms with E-state index in [2.05, 4.69) is 5.43 Å². The van der Waals surface area contributed by atoms with Gasteiger partial charge in [-0.3, -0.25) is 10.2 Å². The summed E-state index contributed by atoms with van der Waals surface area (Å²) in [5.74, 6) is 4.80. The predicted octanol–water partition coefficient (Wildman–Crippen LogP) is 0.259. The van der Waals surface area contributed by atoms with E-state index in [-0.39, 0.29) is 17.8 Å². The number of rotatable bonds is 6. The lowest BCUT2D eigenvalue weighted by Gasteiger charge is -2.14. The summed E-state index contributed by atoms with van der Waals surface area (Å²) in [5.41, 5.74) is 2.09. The van der Waals surface area contributed by atoms with Crippen LogP contribution in [0.3, 0.4) is 0 Å². The Balaban J connectivity index is 3.50. The van der Waals surface area contributed by atoms with Crippen LogP contribution in [0.4, 0.5) is 0 Å². The molecule has 0 heterocycles. The number of carbonyl (C=O) groups is 1. The minimum atomic E-state index is -0.135. The van der Waals surface area contributed by atoms with Crippen molar-refractivity contribution in [3.05, 3.63) is 0 Å². The highest BCUT2D eigenvalue weighted by atomic mass is 32.2. The molecule has 0 fully saturated rings. The molecule has 0 aromatic heterocycles. The van der Waals surface area contributed by atoms with E-state index in [9.17, 15) is 4.79 Å². The number of hydrazine groups is 1. The van der Waals surface area contributed by atoms with Crippen molar-refractivity contribution in [1.29, 1.82) is 0 Å². The molecule has 13 heavy (non-hydrogen) atoms. The lowest BCUT2D eigenvalue weighted by Crippen LogP contribution is -2.30. The molecule has 0 spiro atoms. The molecule has 2 unspecified atom stereocenters. The summed E-state index contributed by atoms with van der Waals surface area (Å²) in [7, 11) is 0. The van der Waals surface area contributed by atoms with E-state index in [1.807, 2.05) is 13.8 Å². The molecular weight excluding hydrogens is 188 g/mol. The third-order valence-corrected chi connectivity index (χ3v) is 2.97. The van der Waals surface area contributed by atoms with Crippen molar-refractivity contribution in [1.82, 2.24) is 5.43 Å². The summed E-state index contributed by atoms with van der Waals surface area (Å²) in [6.07, 6.45) is 1.24. The topological polar surface area (TPSA) is 75.3 Å². The molecule has 0 aromatic carbocycles. The molecule has 0 aliphatic heterocycles. The van der Waals surface area contributed by atoms with Crippen molar-refractivity contribution in [2.75, 3.05) is 6.61 Å². The summed E-state index contributed by atoms with van der Waals surface area (Å²) in [4.78, 5) is 10.8. The Morgan fingerprint density at radius 1 is 1.54 bits per heavy atom. The molecule has 0 rings (SSSR count). The summed E-state index contributed by atoms with van der Waals surface area (Å²) in [6, 6.07) is 0. The molecule has 4 N–H and O–H groups in total. The zero-order valence-corrected chi connectivity index (χ0v) is 8.93. The van der Waals surface area contributed by atoms with Crippen molar-refractivity contribution in [3.63, 3.8) is 0 Å². The van der Waals surface area contributed by atoms with Gasteiger partial charge >= 0.3 is 0 Å². The average Bonchev–Trinajstić information content (AvgIpc) is 2.13. The maximum atomic E-state index is 10.8. The smallest absolute Gasteiger partial charge is 0.233 e. The van der Waals surface area contributed by atoms with Gasteiger partial charge in [-0.2, -0.15) is 11.8 Å². The van der Waals surface area contributed by atoms with Crippen LogP contribution in [0.5, 0.6) is 0 Å². The van der Waals surface area contributed by atoms with E-state index in [0.717, 1.165) is 6.42 Å². The van der Waals surface area contributed by atoms with Gasteiger partial charge in [0.2, 0.25) is 5.91 Å². The number of nitrogens with one attached hydrogen (secondary N) is 1. The molecule has 0 saturated carbocycles. The van der Waals surface area contributed by atoms with Gasteiger partial charge < -0.3 is 5.11 Å². The maximum Gasteiger partial charge on any atom is 0.233 e. The minimum absolute atomic E-state index is 0.135. The third-order valence-electron chi connectivity index (χ3n) is 1.66. The Bertz CT molecular complexity index is 155. The highest BCUT2D eigenvalue weighted by Gasteiger charge is 2.09. The Morgan fingerprint density at radius 2 is 2.15 bits per heavy atom. The number of carbonyl (C=O) groups excluding carboxylic acids is 1. The molecule has 78 valence electrons. The fraction of sp³-hybridized carbons (Fsp3) is 0.875. The first kappa shape index (κ1) is 12.7. The van der Waals surface area contributed by atoms with E-state index >= 15 is 0 Å². The second-order valence-electron chi connectivity index (χ2n) is 3.05. The summed E-state index contributed by atoms with van der Waals surface area (Å²) < 4.78 is 0. The van der Waals surface area contributed by atoms with E-state index in [0.29, 0.717) is 11.7 Å². The first-order valence-electron chi connectivity index (χ1n) is 4.36. The maximum absolute atomic E-state index is 10.8. The fourth-order valence-electron chi connectivity index (χ4n) is 0.914. The molecule has 0 saturated heterocycles. The van der Waals surface area contributed by atoms with Gasteiger partial charge in [-0.1, -0.05) is 13.8 Å². The highest BCUT2D eigenvalue weighted by Crippen LogP contribution is 2.20. The number of thioether (sulfide) groups is 1. The van der Waals surface area contributed by atoms with Gasteiger partial charge in [-0.25, -0.2) is 5.84 Å². The third kappa shape index (κ3) is 6.86. The first-order chi connectivity index (χ1) is 6.10. The second kappa shape index (κ2) is 7.17. The molecule has 0 aliphatic rings. The van der Waals surface area contributed by atoms with Crippen LogP contribution >= 0.6 is 11.8 Å². The zero-order chi connectivity index (χ0) is 10.3. The van der Waals surface area contributed by atoms with Gasteiger partial charge in [0.05, 0.1) is 6.61 Å². The van der Waals surface area contributed by atoms with Crippen LogP contribution in [0.2, 0.25) is 0 Å². The molecule has 0 aliphatic carbocycles. The van der Waals surface area contributed by atoms with E-state index in [1.54, 1.807) is 11.8 Å². The Hall–Kier alpha value is -0.260. The number of nitrogens with two attached hydrogens (primary N) is 1. The van der Waals surface area contributed by atoms with Gasteiger partial charge in [0.15, 0.2) is 0 Å². The number of hydrogen-bond donors (Lipinski definition) is 3. The SMILES string of the molecule is CC(CO)SC(C)CCC(=O)NN. The van der Waals surface area contributed by atoms with Crippen LogP contribution in [-0.2, 0) is 4.79 Å². The monoisotopic (exact) mass is 206 g/mol. The molecule has 0 radical (unpaired) electrons. The molecule has 5 heteroatoms. The van der Waals surface area contributed by atoms with Crippen molar-refractivity contribution in [2.24, 2.45) is 5.84 Å². The van der Waals surface area contributed by atoms with Gasteiger partial charge in [0.1, 0.15) is 0 Å². The van der Waals surface area contributed by atoms with Crippen LogP contribution in [-0.4, -0.2) is 28.1 Å². The van der Waals surface area contributed by atoms with Gasteiger partial charge in [0, 0.05) is 16.9 Å². The number of aliphatic hydroxyl groups is 1. The number of aliphatic hydroxyl groups excluding tert-OH is 1. The quantitative estimate of drug-likeness (QED) is 0.331. The van der Waals surface area contributed by atoms with Crippen molar-refractivity contribution < 1.29 is 9.90 Å². The lowest BCUT2D eigenvalue weighted by molar-refractivity contribution is -0.121. The highest BCUT2D eigenvalue weighted by molar-refractivity contribution is 8.00. The largest absolute Gasteiger partial charge is 0.395 e. The van der Waals surface area contributed by atoms with Crippen LogP contribution in [0, 0.1) is 0 Å². The molecule has 2 atom stereocenters. The van der Waals surface area contributed by atoms with Crippen LogP contribution in [0.25, 0.3) is 0 Å². The molecule has 0 aromatic rings. The van der Waals surface area contributed by atoms with Crippen LogP contribution in [0.15, 0.2) is 0 Å². The van der Waals surface area contributed by atoms with Gasteiger partial charge in [0.25, 0.3) is 0 Å². The van der Waals surface area contributed by atoms with Crippen LogP contribution in [0.1, 0.15) is 26.7 Å². The minimum Gasteiger partial charge on any atom is -0.395 e. The number of amides is 1. The Morgan fingerprint density at radius 3 is 2.62 bits per heavy atom. The molecule has 1 amide bonds. The normalized spacial score (nSPS) is 15.1.